The normalized spacial score (nSPS) is 25.1. The first-order chi connectivity index (χ1) is 8.65. The molecule has 2 aliphatic rings. The molecule has 0 radical (unpaired) electrons. The first kappa shape index (κ1) is 14.3. The van der Waals surface area contributed by atoms with Gasteiger partial charge in [-0.05, 0) is 36.5 Å². The van der Waals surface area contributed by atoms with Crippen molar-refractivity contribution in [3.8, 4) is 0 Å². The minimum Gasteiger partial charge on any atom is -0.338 e. The average molecular weight is 285 g/mol. The molecule has 2 saturated heterocycles. The van der Waals surface area contributed by atoms with Crippen molar-refractivity contribution < 1.29 is 9.18 Å². The van der Waals surface area contributed by atoms with Crippen LogP contribution in [0, 0.1) is 24.6 Å². The lowest BCUT2D eigenvalue weighted by molar-refractivity contribution is 0.0780. The minimum atomic E-state index is -0.343. The second-order valence-corrected chi connectivity index (χ2v) is 5.35. The highest BCUT2D eigenvalue weighted by Gasteiger charge is 2.38. The first-order valence-electron chi connectivity index (χ1n) is 6.41. The van der Waals surface area contributed by atoms with Crippen LogP contribution in [-0.4, -0.2) is 37.0 Å². The van der Waals surface area contributed by atoms with Crippen LogP contribution in [0.25, 0.3) is 0 Å². The molecule has 2 heterocycles. The van der Waals surface area contributed by atoms with Gasteiger partial charge in [-0.1, -0.05) is 6.07 Å². The topological polar surface area (TPSA) is 32.3 Å². The molecule has 0 saturated carbocycles. The van der Waals surface area contributed by atoms with E-state index in [0.717, 1.165) is 31.7 Å². The molecule has 3 rings (SSSR count). The maximum absolute atomic E-state index is 13.2. The number of nitrogens with one attached hydrogen (secondary N) is 1. The van der Waals surface area contributed by atoms with Gasteiger partial charge in [0.2, 0.25) is 0 Å². The third-order valence-corrected chi connectivity index (χ3v) is 4.11. The summed E-state index contributed by atoms with van der Waals surface area (Å²) in [6, 6.07) is 4.42. The van der Waals surface area contributed by atoms with E-state index in [9.17, 15) is 9.18 Å². The molecule has 0 spiro atoms. The monoisotopic (exact) mass is 284 g/mol. The van der Waals surface area contributed by atoms with Crippen LogP contribution in [0.15, 0.2) is 18.2 Å². The fourth-order valence-electron chi connectivity index (χ4n) is 3.02. The molecule has 2 aliphatic heterocycles. The van der Waals surface area contributed by atoms with Crippen molar-refractivity contribution >= 4 is 18.3 Å². The molecule has 1 aromatic rings. The molecule has 104 valence electrons. The Hall–Kier alpha value is -1.13. The molecule has 0 unspecified atom stereocenters. The van der Waals surface area contributed by atoms with Crippen LogP contribution in [-0.2, 0) is 0 Å². The number of benzene rings is 1. The summed E-state index contributed by atoms with van der Waals surface area (Å²) in [6.07, 6.45) is 0. The van der Waals surface area contributed by atoms with Gasteiger partial charge in [-0.15, -0.1) is 12.4 Å². The molecule has 1 amide bonds. The van der Waals surface area contributed by atoms with Gasteiger partial charge in [0.15, 0.2) is 0 Å². The quantitative estimate of drug-likeness (QED) is 0.854. The van der Waals surface area contributed by atoms with Gasteiger partial charge < -0.3 is 10.2 Å². The SMILES string of the molecule is Cc1ccc(F)cc1C(=O)N1C[C@H]2CNC[C@H]2C1.Cl. The van der Waals surface area contributed by atoms with Crippen LogP contribution >= 0.6 is 12.4 Å². The molecule has 19 heavy (non-hydrogen) atoms. The van der Waals surface area contributed by atoms with Gasteiger partial charge >= 0.3 is 0 Å². The van der Waals surface area contributed by atoms with E-state index < -0.39 is 0 Å². The maximum Gasteiger partial charge on any atom is 0.254 e. The van der Waals surface area contributed by atoms with Gasteiger partial charge in [-0.3, -0.25) is 4.79 Å². The summed E-state index contributed by atoms with van der Waals surface area (Å²) in [7, 11) is 0. The van der Waals surface area contributed by atoms with E-state index in [1.807, 2.05) is 11.8 Å². The molecule has 0 bridgehead atoms. The highest BCUT2D eigenvalue weighted by atomic mass is 35.5. The van der Waals surface area contributed by atoms with Crippen LogP contribution in [0.4, 0.5) is 4.39 Å². The number of carbonyl (C=O) groups excluding carboxylic acids is 1. The number of nitrogens with zero attached hydrogens (tertiary/aromatic N) is 1. The Morgan fingerprint density at radius 2 is 1.95 bits per heavy atom. The van der Waals surface area contributed by atoms with Gasteiger partial charge in [0.1, 0.15) is 5.82 Å². The standard InChI is InChI=1S/C14H17FN2O.ClH/c1-9-2-3-12(15)4-13(9)14(18)17-7-10-5-16-6-11(10)8-17;/h2-4,10-11,16H,5-8H2,1H3;1H/t10-,11+;. The number of rotatable bonds is 1. The molecule has 2 fully saturated rings. The van der Waals surface area contributed by atoms with E-state index >= 15 is 0 Å². The molecule has 5 heteroatoms. The zero-order valence-corrected chi connectivity index (χ0v) is 11.7. The van der Waals surface area contributed by atoms with Crippen molar-refractivity contribution in [2.45, 2.75) is 6.92 Å². The predicted octanol–water partition coefficient (Wildman–Crippen LogP) is 1.85. The van der Waals surface area contributed by atoms with E-state index in [0.29, 0.717) is 17.4 Å². The Kier molecular flexibility index (Phi) is 4.11. The maximum atomic E-state index is 13.2. The molecule has 3 nitrogen and oxygen atoms in total. The Labute approximate surface area is 118 Å². The molecule has 0 aromatic heterocycles. The van der Waals surface area contributed by atoms with Crippen molar-refractivity contribution in [1.29, 1.82) is 0 Å². The molecule has 0 aliphatic carbocycles. The Balaban J connectivity index is 0.00000133. The lowest BCUT2D eigenvalue weighted by atomic mass is 10.0. The van der Waals surface area contributed by atoms with Gasteiger partial charge in [0.05, 0.1) is 0 Å². The third-order valence-electron chi connectivity index (χ3n) is 4.11. The molecule has 2 atom stereocenters. The number of amides is 1. The summed E-state index contributed by atoms with van der Waals surface area (Å²) in [5.74, 6) is 0.775. The first-order valence-corrected chi connectivity index (χ1v) is 6.41. The highest BCUT2D eigenvalue weighted by molar-refractivity contribution is 5.95. The summed E-state index contributed by atoms with van der Waals surface area (Å²) in [5, 5.41) is 3.35. The van der Waals surface area contributed by atoms with Crippen LogP contribution < -0.4 is 5.32 Å². The Bertz CT molecular complexity index is 482. The van der Waals surface area contributed by atoms with E-state index in [1.165, 1.54) is 12.1 Å². The zero-order chi connectivity index (χ0) is 12.7. The summed E-state index contributed by atoms with van der Waals surface area (Å²) in [4.78, 5) is 14.3. The second-order valence-electron chi connectivity index (χ2n) is 5.35. The Morgan fingerprint density at radius 3 is 2.58 bits per heavy atom. The molecule has 1 N–H and O–H groups in total. The van der Waals surface area contributed by atoms with E-state index in [4.69, 9.17) is 0 Å². The van der Waals surface area contributed by atoms with Gasteiger partial charge in [0.25, 0.3) is 5.91 Å². The van der Waals surface area contributed by atoms with Crippen molar-refractivity contribution in [2.24, 2.45) is 11.8 Å². The summed E-state index contributed by atoms with van der Waals surface area (Å²) >= 11 is 0. The van der Waals surface area contributed by atoms with Crippen LogP contribution in [0.1, 0.15) is 15.9 Å². The predicted molar refractivity (Wildman–Crippen MR) is 74.1 cm³/mol. The summed E-state index contributed by atoms with van der Waals surface area (Å²) in [6.45, 7) is 5.44. The zero-order valence-electron chi connectivity index (χ0n) is 10.9. The number of aryl methyl sites for hydroxylation is 1. The number of halogens is 2. The largest absolute Gasteiger partial charge is 0.338 e. The van der Waals surface area contributed by atoms with Crippen LogP contribution in [0.5, 0.6) is 0 Å². The summed E-state index contributed by atoms with van der Waals surface area (Å²) in [5.41, 5.74) is 1.35. The number of likely N-dealkylation sites (tertiary alicyclic amines) is 1. The van der Waals surface area contributed by atoms with E-state index in [1.54, 1.807) is 6.07 Å². The van der Waals surface area contributed by atoms with E-state index in [-0.39, 0.29) is 24.1 Å². The van der Waals surface area contributed by atoms with Gasteiger partial charge in [-0.25, -0.2) is 4.39 Å². The fraction of sp³-hybridized carbons (Fsp3) is 0.500. The van der Waals surface area contributed by atoms with Gasteiger partial charge in [-0.2, -0.15) is 0 Å². The van der Waals surface area contributed by atoms with Crippen molar-refractivity contribution in [2.75, 3.05) is 26.2 Å². The molecular formula is C14H18ClFN2O. The van der Waals surface area contributed by atoms with Gasteiger partial charge in [0, 0.05) is 31.7 Å². The lowest BCUT2D eigenvalue weighted by Crippen LogP contribution is -2.32. The van der Waals surface area contributed by atoms with Crippen molar-refractivity contribution in [3.05, 3.63) is 35.1 Å². The van der Waals surface area contributed by atoms with Crippen LogP contribution in [0.2, 0.25) is 0 Å². The van der Waals surface area contributed by atoms with E-state index in [2.05, 4.69) is 5.32 Å². The molecule has 1 aromatic carbocycles. The fourth-order valence-corrected chi connectivity index (χ4v) is 3.02. The summed E-state index contributed by atoms with van der Waals surface area (Å²) < 4.78 is 13.2. The number of hydrogen-bond donors (Lipinski definition) is 1. The average Bonchev–Trinajstić information content (AvgIpc) is 2.91. The number of hydrogen-bond acceptors (Lipinski definition) is 2. The highest BCUT2D eigenvalue weighted by Crippen LogP contribution is 2.28. The second kappa shape index (κ2) is 5.47. The minimum absolute atomic E-state index is 0. The van der Waals surface area contributed by atoms with Crippen molar-refractivity contribution in [3.63, 3.8) is 0 Å². The number of fused-ring (bicyclic) bond motifs is 1. The molecular weight excluding hydrogens is 267 g/mol. The third kappa shape index (κ3) is 2.60. The number of carbonyl (C=O) groups is 1. The lowest BCUT2D eigenvalue weighted by Gasteiger charge is -2.18. The smallest absolute Gasteiger partial charge is 0.254 e. The Morgan fingerprint density at radius 1 is 1.32 bits per heavy atom. The van der Waals surface area contributed by atoms with Crippen molar-refractivity contribution in [1.82, 2.24) is 10.2 Å². The van der Waals surface area contributed by atoms with Crippen LogP contribution in [0.3, 0.4) is 0 Å².